The smallest absolute Gasteiger partial charge is 0.227 e. The van der Waals surface area contributed by atoms with Crippen molar-refractivity contribution in [1.82, 2.24) is 14.7 Å². The zero-order valence-electron chi connectivity index (χ0n) is 18.9. The summed E-state index contributed by atoms with van der Waals surface area (Å²) in [4.78, 5) is 15.1. The molecule has 0 atom stereocenters. The van der Waals surface area contributed by atoms with Gasteiger partial charge in [-0.25, -0.2) is 4.68 Å². The van der Waals surface area contributed by atoms with Crippen molar-refractivity contribution in [3.05, 3.63) is 71.9 Å². The number of benzene rings is 2. The molecule has 1 fully saturated rings. The third-order valence-electron chi connectivity index (χ3n) is 5.99. The quantitative estimate of drug-likeness (QED) is 0.451. The molecule has 0 radical (unpaired) electrons. The maximum absolute atomic E-state index is 13.2. The van der Waals surface area contributed by atoms with Crippen molar-refractivity contribution in [1.29, 1.82) is 0 Å². The van der Waals surface area contributed by atoms with Crippen LogP contribution in [0.25, 0.3) is 5.69 Å². The first kappa shape index (κ1) is 22.1. The van der Waals surface area contributed by atoms with Gasteiger partial charge in [-0.1, -0.05) is 49.7 Å². The summed E-state index contributed by atoms with van der Waals surface area (Å²) < 4.78 is 13.5. The van der Waals surface area contributed by atoms with Crippen LogP contribution in [0.4, 0.5) is 0 Å². The molecule has 0 unspecified atom stereocenters. The summed E-state index contributed by atoms with van der Waals surface area (Å²) in [5.41, 5.74) is 2.81. The van der Waals surface area contributed by atoms with E-state index in [1.54, 1.807) is 7.11 Å². The van der Waals surface area contributed by atoms with E-state index >= 15 is 0 Å². The molecule has 0 saturated heterocycles. The van der Waals surface area contributed by atoms with E-state index in [0.29, 0.717) is 25.6 Å². The summed E-state index contributed by atoms with van der Waals surface area (Å²) in [6.07, 6.45) is 3.82. The SMILES string of the molecule is CCc1nn(-c2ccccc2)c(Oc2ccccc2)c1CN(CCOC)C(=O)C1CCC1. The molecule has 4 rings (SSSR count). The Hall–Kier alpha value is -3.12. The lowest BCUT2D eigenvalue weighted by Crippen LogP contribution is -2.40. The van der Waals surface area contributed by atoms with Gasteiger partial charge in [0.15, 0.2) is 0 Å². The second-order valence-corrected chi connectivity index (χ2v) is 8.13. The standard InChI is InChI=1S/C26H31N3O3/c1-3-24-23(19-28(17-18-31-2)25(30)20-11-10-12-20)26(32-22-15-8-5-9-16-22)29(27-24)21-13-6-4-7-14-21/h4-9,13-16,20H,3,10-12,17-19H2,1-2H3. The number of methoxy groups -OCH3 is 1. The van der Waals surface area contributed by atoms with Gasteiger partial charge in [0.25, 0.3) is 0 Å². The maximum Gasteiger partial charge on any atom is 0.227 e. The van der Waals surface area contributed by atoms with Crippen LogP contribution in [-0.4, -0.2) is 40.8 Å². The largest absolute Gasteiger partial charge is 0.439 e. The van der Waals surface area contributed by atoms with Gasteiger partial charge < -0.3 is 14.4 Å². The van der Waals surface area contributed by atoms with Gasteiger partial charge in [0.1, 0.15) is 5.75 Å². The van der Waals surface area contributed by atoms with E-state index in [9.17, 15) is 4.79 Å². The molecule has 0 bridgehead atoms. The number of rotatable bonds is 10. The summed E-state index contributed by atoms with van der Waals surface area (Å²) in [7, 11) is 1.67. The van der Waals surface area contributed by atoms with E-state index in [2.05, 4.69) is 6.92 Å². The molecule has 6 nitrogen and oxygen atoms in total. The lowest BCUT2D eigenvalue weighted by molar-refractivity contribution is -0.139. The Morgan fingerprint density at radius 3 is 2.38 bits per heavy atom. The van der Waals surface area contributed by atoms with E-state index in [1.807, 2.05) is 70.2 Å². The van der Waals surface area contributed by atoms with Crippen LogP contribution in [0.5, 0.6) is 11.6 Å². The molecule has 168 valence electrons. The number of carbonyl (C=O) groups is 1. The highest BCUT2D eigenvalue weighted by Gasteiger charge is 2.31. The number of nitrogens with zero attached hydrogens (tertiary/aromatic N) is 3. The molecule has 0 N–H and O–H groups in total. The first-order valence-corrected chi connectivity index (χ1v) is 11.4. The topological polar surface area (TPSA) is 56.6 Å². The van der Waals surface area contributed by atoms with Gasteiger partial charge >= 0.3 is 0 Å². The minimum absolute atomic E-state index is 0.125. The normalized spacial score (nSPS) is 13.6. The Bertz CT molecular complexity index is 1010. The number of aryl methyl sites for hydroxylation is 1. The highest BCUT2D eigenvalue weighted by molar-refractivity contribution is 5.79. The average Bonchev–Trinajstić information content (AvgIpc) is 3.13. The molecule has 1 amide bonds. The van der Waals surface area contributed by atoms with Gasteiger partial charge in [-0.2, -0.15) is 5.10 Å². The predicted octanol–water partition coefficient (Wildman–Crippen LogP) is 5.00. The average molecular weight is 434 g/mol. The minimum atomic E-state index is 0.125. The fourth-order valence-electron chi connectivity index (χ4n) is 3.94. The van der Waals surface area contributed by atoms with Crippen molar-refractivity contribution in [2.75, 3.05) is 20.3 Å². The van der Waals surface area contributed by atoms with Crippen LogP contribution < -0.4 is 4.74 Å². The highest BCUT2D eigenvalue weighted by Crippen LogP contribution is 2.34. The van der Waals surface area contributed by atoms with Crippen LogP contribution in [0.3, 0.4) is 0 Å². The van der Waals surface area contributed by atoms with Gasteiger partial charge in [0.05, 0.1) is 30.1 Å². The Balaban J connectivity index is 1.74. The number of aromatic nitrogens is 2. The Morgan fingerprint density at radius 1 is 1.09 bits per heavy atom. The molecule has 2 aromatic carbocycles. The van der Waals surface area contributed by atoms with Gasteiger partial charge in [0.2, 0.25) is 11.8 Å². The number of hydrogen-bond donors (Lipinski definition) is 0. The lowest BCUT2D eigenvalue weighted by atomic mass is 9.84. The second-order valence-electron chi connectivity index (χ2n) is 8.13. The van der Waals surface area contributed by atoms with Crippen LogP contribution in [0, 0.1) is 5.92 Å². The van der Waals surface area contributed by atoms with Crippen molar-refractivity contribution >= 4 is 5.91 Å². The molecule has 1 heterocycles. The number of hydrogen-bond acceptors (Lipinski definition) is 4. The van der Waals surface area contributed by atoms with E-state index in [-0.39, 0.29) is 11.8 Å². The molecule has 32 heavy (non-hydrogen) atoms. The highest BCUT2D eigenvalue weighted by atomic mass is 16.5. The number of ether oxygens (including phenoxy) is 2. The zero-order valence-corrected chi connectivity index (χ0v) is 18.9. The van der Waals surface area contributed by atoms with E-state index in [0.717, 1.165) is 48.4 Å². The third-order valence-corrected chi connectivity index (χ3v) is 5.99. The molecule has 3 aromatic rings. The van der Waals surface area contributed by atoms with E-state index in [4.69, 9.17) is 14.6 Å². The van der Waals surface area contributed by atoms with Gasteiger partial charge in [-0.15, -0.1) is 0 Å². The summed E-state index contributed by atoms with van der Waals surface area (Å²) >= 11 is 0. The molecule has 0 aliphatic heterocycles. The first-order chi connectivity index (χ1) is 15.7. The van der Waals surface area contributed by atoms with Crippen LogP contribution in [0.15, 0.2) is 60.7 Å². The van der Waals surface area contributed by atoms with Crippen molar-refractivity contribution in [2.24, 2.45) is 5.92 Å². The van der Waals surface area contributed by atoms with Crippen LogP contribution in [0.1, 0.15) is 37.4 Å². The number of para-hydroxylation sites is 2. The van der Waals surface area contributed by atoms with Gasteiger partial charge in [0, 0.05) is 19.6 Å². The van der Waals surface area contributed by atoms with Crippen LogP contribution >= 0.6 is 0 Å². The summed E-state index contributed by atoms with van der Waals surface area (Å²) in [6, 6.07) is 19.7. The Labute approximate surface area is 189 Å². The summed E-state index contributed by atoms with van der Waals surface area (Å²) in [6.45, 7) is 3.59. The molecular formula is C26H31N3O3. The fraction of sp³-hybridized carbons (Fsp3) is 0.385. The van der Waals surface area contributed by atoms with E-state index in [1.165, 1.54) is 0 Å². The second kappa shape index (κ2) is 10.5. The van der Waals surface area contributed by atoms with Crippen LogP contribution in [0.2, 0.25) is 0 Å². The van der Waals surface area contributed by atoms with E-state index < -0.39 is 0 Å². The molecule has 6 heteroatoms. The van der Waals surface area contributed by atoms with Gasteiger partial charge in [-0.05, 0) is 43.5 Å². The van der Waals surface area contributed by atoms with Crippen LogP contribution in [-0.2, 0) is 22.5 Å². The Kier molecular flexibility index (Phi) is 7.22. The lowest BCUT2D eigenvalue weighted by Gasteiger charge is -2.31. The fourth-order valence-corrected chi connectivity index (χ4v) is 3.94. The number of amides is 1. The molecule has 1 aliphatic rings. The van der Waals surface area contributed by atoms with Crippen molar-refractivity contribution in [3.63, 3.8) is 0 Å². The third kappa shape index (κ3) is 4.86. The number of carbonyl (C=O) groups excluding carboxylic acids is 1. The molecule has 1 aromatic heterocycles. The monoisotopic (exact) mass is 433 g/mol. The molecular weight excluding hydrogens is 402 g/mol. The molecule has 0 spiro atoms. The van der Waals surface area contributed by atoms with Gasteiger partial charge in [-0.3, -0.25) is 4.79 Å². The first-order valence-electron chi connectivity index (χ1n) is 11.4. The zero-order chi connectivity index (χ0) is 22.3. The van der Waals surface area contributed by atoms with Crippen molar-refractivity contribution in [2.45, 2.75) is 39.2 Å². The van der Waals surface area contributed by atoms with Crippen molar-refractivity contribution < 1.29 is 14.3 Å². The summed E-state index contributed by atoms with van der Waals surface area (Å²) in [5, 5.41) is 4.89. The summed E-state index contributed by atoms with van der Waals surface area (Å²) in [5.74, 6) is 1.72. The molecule has 1 aliphatic carbocycles. The Morgan fingerprint density at radius 2 is 1.78 bits per heavy atom. The maximum atomic E-state index is 13.2. The van der Waals surface area contributed by atoms with Crippen molar-refractivity contribution in [3.8, 4) is 17.3 Å². The minimum Gasteiger partial charge on any atom is -0.439 e. The molecule has 1 saturated carbocycles. The predicted molar refractivity (Wildman–Crippen MR) is 124 cm³/mol.